The van der Waals surface area contributed by atoms with Gasteiger partial charge in [-0.15, -0.1) is 0 Å². The van der Waals surface area contributed by atoms with Crippen LogP contribution < -0.4 is 5.32 Å². The number of nitrogens with zero attached hydrogens (tertiary/aromatic N) is 2. The van der Waals surface area contributed by atoms with E-state index in [0.29, 0.717) is 10.9 Å². The molecule has 1 aliphatic rings. The monoisotopic (exact) mass is 421 g/mol. The van der Waals surface area contributed by atoms with Crippen LogP contribution in [0.15, 0.2) is 65.2 Å². The lowest BCUT2D eigenvalue weighted by Gasteiger charge is -2.25. The fourth-order valence-electron chi connectivity index (χ4n) is 3.73. The molecule has 0 bridgehead atoms. The highest BCUT2D eigenvalue weighted by molar-refractivity contribution is 7.80. The smallest absolute Gasteiger partial charge is 0.335 e. The second-order valence-corrected chi connectivity index (χ2v) is 7.64. The molecule has 0 unspecified atom stereocenters. The average molecular weight is 422 g/mol. The number of carbonyl (C=O) groups is 1. The van der Waals surface area contributed by atoms with Gasteiger partial charge < -0.3 is 19.7 Å². The van der Waals surface area contributed by atoms with Crippen LogP contribution in [0.2, 0.25) is 0 Å². The van der Waals surface area contributed by atoms with Crippen LogP contribution in [0.4, 0.5) is 0 Å². The molecule has 0 aliphatic carbocycles. The minimum Gasteiger partial charge on any atom is -0.478 e. The molecule has 1 fully saturated rings. The van der Waals surface area contributed by atoms with E-state index >= 15 is 0 Å². The fourth-order valence-corrected chi connectivity index (χ4v) is 4.06. The molecule has 4 rings (SSSR count). The van der Waals surface area contributed by atoms with Gasteiger partial charge in [0, 0.05) is 18.3 Å². The highest BCUT2D eigenvalue weighted by Crippen LogP contribution is 2.40. The third kappa shape index (κ3) is 3.93. The Labute approximate surface area is 180 Å². The standard InChI is InChI=1S/C23H23N3O3S/c1-2-3-14-26-21(20(25-23(26)30)17-6-4-5-13-24-17)19-12-11-18(29-19)15-7-9-16(10-8-15)22(27)28/h4-13,20-21H,2-3,14H2,1H3,(H,25,30)(H,27,28)/t20-,21-/m0/s1. The number of nitrogens with one attached hydrogen (secondary N) is 1. The van der Waals surface area contributed by atoms with E-state index in [1.165, 1.54) is 0 Å². The van der Waals surface area contributed by atoms with Crippen LogP contribution in [0.5, 0.6) is 0 Å². The van der Waals surface area contributed by atoms with Crippen molar-refractivity contribution >= 4 is 23.3 Å². The molecular weight excluding hydrogens is 398 g/mol. The normalized spacial score (nSPS) is 18.4. The Hall–Kier alpha value is -3.19. The molecule has 7 heteroatoms. The Kier molecular flexibility index (Phi) is 5.81. The van der Waals surface area contributed by atoms with E-state index in [1.807, 2.05) is 30.3 Å². The SMILES string of the molecule is CCCCN1C(=S)N[C@@H](c2ccccn2)[C@@H]1c1ccc(-c2ccc(C(=O)O)cc2)o1. The lowest BCUT2D eigenvalue weighted by molar-refractivity contribution is 0.0697. The number of rotatable bonds is 7. The van der Waals surface area contributed by atoms with Gasteiger partial charge in [0.05, 0.1) is 17.3 Å². The number of aromatic nitrogens is 1. The highest BCUT2D eigenvalue weighted by atomic mass is 32.1. The summed E-state index contributed by atoms with van der Waals surface area (Å²) in [4.78, 5) is 17.8. The molecule has 0 radical (unpaired) electrons. The number of thiocarbonyl (C=S) groups is 1. The zero-order chi connectivity index (χ0) is 21.1. The van der Waals surface area contributed by atoms with Crippen LogP contribution in [0, 0.1) is 0 Å². The summed E-state index contributed by atoms with van der Waals surface area (Å²) in [6.45, 7) is 2.99. The molecule has 1 saturated heterocycles. The third-order valence-electron chi connectivity index (χ3n) is 5.28. The first-order chi connectivity index (χ1) is 14.6. The molecule has 2 atom stereocenters. The van der Waals surface area contributed by atoms with Crippen molar-refractivity contribution in [2.75, 3.05) is 6.54 Å². The minimum atomic E-state index is -0.947. The lowest BCUT2D eigenvalue weighted by atomic mass is 10.0. The molecule has 0 amide bonds. The van der Waals surface area contributed by atoms with E-state index in [-0.39, 0.29) is 17.6 Å². The van der Waals surface area contributed by atoms with Gasteiger partial charge in [0.15, 0.2) is 5.11 Å². The molecule has 3 heterocycles. The molecule has 154 valence electrons. The van der Waals surface area contributed by atoms with E-state index in [9.17, 15) is 4.79 Å². The largest absolute Gasteiger partial charge is 0.478 e. The first kappa shape index (κ1) is 20.1. The molecule has 2 N–H and O–H groups in total. The van der Waals surface area contributed by atoms with E-state index in [2.05, 4.69) is 22.1 Å². The van der Waals surface area contributed by atoms with Crippen molar-refractivity contribution < 1.29 is 14.3 Å². The predicted octanol–water partition coefficient (Wildman–Crippen LogP) is 4.81. The van der Waals surface area contributed by atoms with Crippen LogP contribution in [0.25, 0.3) is 11.3 Å². The van der Waals surface area contributed by atoms with Crippen molar-refractivity contribution in [1.29, 1.82) is 0 Å². The highest BCUT2D eigenvalue weighted by Gasteiger charge is 2.41. The predicted molar refractivity (Wildman–Crippen MR) is 118 cm³/mol. The number of furan rings is 1. The number of unbranched alkanes of at least 4 members (excludes halogenated alkanes) is 1. The first-order valence-electron chi connectivity index (χ1n) is 10.00. The van der Waals surface area contributed by atoms with Gasteiger partial charge in [0.25, 0.3) is 0 Å². The number of aromatic carboxylic acids is 1. The Bertz CT molecular complexity index is 1030. The number of carboxylic acid groups (broad SMARTS) is 1. The molecule has 0 spiro atoms. The van der Waals surface area contributed by atoms with Gasteiger partial charge in [-0.05, 0) is 55.0 Å². The molecule has 30 heavy (non-hydrogen) atoms. The van der Waals surface area contributed by atoms with E-state index < -0.39 is 5.97 Å². The van der Waals surface area contributed by atoms with Crippen molar-refractivity contribution in [3.8, 4) is 11.3 Å². The molecule has 1 aromatic carbocycles. The summed E-state index contributed by atoms with van der Waals surface area (Å²) >= 11 is 5.64. The van der Waals surface area contributed by atoms with Gasteiger partial charge in [-0.25, -0.2) is 4.79 Å². The molecule has 3 aromatic rings. The fraction of sp³-hybridized carbons (Fsp3) is 0.261. The van der Waals surface area contributed by atoms with Gasteiger partial charge in [-0.2, -0.15) is 0 Å². The topological polar surface area (TPSA) is 78.6 Å². The summed E-state index contributed by atoms with van der Waals surface area (Å²) in [7, 11) is 0. The summed E-state index contributed by atoms with van der Waals surface area (Å²) < 4.78 is 6.25. The van der Waals surface area contributed by atoms with Crippen LogP contribution in [-0.4, -0.2) is 32.6 Å². The quantitative estimate of drug-likeness (QED) is 0.530. The maximum absolute atomic E-state index is 11.1. The van der Waals surface area contributed by atoms with Gasteiger partial charge >= 0.3 is 5.97 Å². The molecule has 6 nitrogen and oxygen atoms in total. The van der Waals surface area contributed by atoms with Crippen LogP contribution in [-0.2, 0) is 0 Å². The third-order valence-corrected chi connectivity index (χ3v) is 5.64. The maximum atomic E-state index is 11.1. The number of hydrogen-bond acceptors (Lipinski definition) is 4. The van der Waals surface area contributed by atoms with Crippen molar-refractivity contribution in [3.05, 3.63) is 77.8 Å². The van der Waals surface area contributed by atoms with Gasteiger partial charge in [-0.3, -0.25) is 4.98 Å². The summed E-state index contributed by atoms with van der Waals surface area (Å²) in [5, 5.41) is 13.2. The van der Waals surface area contributed by atoms with E-state index in [1.54, 1.807) is 30.5 Å². The molecule has 1 aliphatic heterocycles. The summed E-state index contributed by atoms with van der Waals surface area (Å²) in [6.07, 6.45) is 3.88. The molecule has 2 aromatic heterocycles. The zero-order valence-corrected chi connectivity index (χ0v) is 17.4. The number of pyridine rings is 1. The Morgan fingerprint density at radius 1 is 1.20 bits per heavy atom. The van der Waals surface area contributed by atoms with Crippen LogP contribution in [0.1, 0.15) is 53.7 Å². The van der Waals surface area contributed by atoms with Gasteiger partial charge in [0.2, 0.25) is 0 Å². The van der Waals surface area contributed by atoms with Crippen molar-refractivity contribution in [2.45, 2.75) is 31.8 Å². The lowest BCUT2D eigenvalue weighted by Crippen LogP contribution is -2.30. The Morgan fingerprint density at radius 2 is 2.00 bits per heavy atom. The van der Waals surface area contributed by atoms with Crippen molar-refractivity contribution in [1.82, 2.24) is 15.2 Å². The second-order valence-electron chi connectivity index (χ2n) is 7.26. The van der Waals surface area contributed by atoms with Crippen LogP contribution in [0.3, 0.4) is 0 Å². The number of hydrogen-bond donors (Lipinski definition) is 2. The minimum absolute atomic E-state index is 0.106. The zero-order valence-electron chi connectivity index (χ0n) is 16.6. The number of carboxylic acids is 1. The van der Waals surface area contributed by atoms with Crippen molar-refractivity contribution in [2.24, 2.45) is 0 Å². The maximum Gasteiger partial charge on any atom is 0.335 e. The van der Waals surface area contributed by atoms with Crippen molar-refractivity contribution in [3.63, 3.8) is 0 Å². The Morgan fingerprint density at radius 3 is 2.67 bits per heavy atom. The first-order valence-corrected chi connectivity index (χ1v) is 10.4. The van der Waals surface area contributed by atoms with Crippen LogP contribution >= 0.6 is 12.2 Å². The average Bonchev–Trinajstić information content (AvgIpc) is 3.37. The summed E-state index contributed by atoms with van der Waals surface area (Å²) in [6, 6.07) is 16.2. The molecule has 0 saturated carbocycles. The molecular formula is C23H23N3O3S. The van der Waals surface area contributed by atoms with E-state index in [4.69, 9.17) is 21.7 Å². The van der Waals surface area contributed by atoms with Gasteiger partial charge in [0.1, 0.15) is 17.6 Å². The Balaban J connectivity index is 1.67. The van der Waals surface area contributed by atoms with E-state index in [0.717, 1.165) is 36.4 Å². The summed E-state index contributed by atoms with van der Waals surface area (Å²) in [5.41, 5.74) is 1.98. The summed E-state index contributed by atoms with van der Waals surface area (Å²) in [5.74, 6) is 0.540. The van der Waals surface area contributed by atoms with Gasteiger partial charge in [-0.1, -0.05) is 31.5 Å². The number of benzene rings is 1. The second kappa shape index (κ2) is 8.67.